The highest BCUT2D eigenvalue weighted by atomic mass is 32.2. The van der Waals surface area contributed by atoms with E-state index in [1.165, 1.54) is 18.9 Å². The number of thioether (sulfide) groups is 1. The molecule has 0 radical (unpaired) electrons. The summed E-state index contributed by atoms with van der Waals surface area (Å²) in [6, 6.07) is 24.9. The van der Waals surface area contributed by atoms with E-state index in [0.717, 1.165) is 11.3 Å². The number of hydrogen-bond acceptors (Lipinski definition) is 7. The number of carbonyl (C=O) groups excluding carboxylic acids is 1. The molecule has 9 heteroatoms. The minimum Gasteiger partial charge on any atom is -0.465 e. The van der Waals surface area contributed by atoms with Gasteiger partial charge in [-0.3, -0.25) is 4.57 Å². The molecule has 4 rings (SSSR count). The van der Waals surface area contributed by atoms with Gasteiger partial charge in [-0.1, -0.05) is 60.3 Å². The fourth-order valence-corrected chi connectivity index (χ4v) is 5.40. The maximum absolute atomic E-state index is 13.0. The number of rotatable bonds is 8. The van der Waals surface area contributed by atoms with Crippen LogP contribution >= 0.6 is 11.8 Å². The van der Waals surface area contributed by atoms with E-state index in [-0.39, 0.29) is 16.6 Å². The van der Waals surface area contributed by atoms with Crippen molar-refractivity contribution in [3.8, 4) is 5.69 Å². The SMILES string of the molecule is COC(=O)c1ccc(CSc2nnc(CS(=O)(=O)c3ccccc3)n2-c2ccccc2)cc1. The highest BCUT2D eigenvalue weighted by Crippen LogP contribution is 2.27. The van der Waals surface area contributed by atoms with Crippen molar-refractivity contribution in [1.29, 1.82) is 0 Å². The molecule has 0 spiro atoms. The van der Waals surface area contributed by atoms with E-state index < -0.39 is 9.84 Å². The van der Waals surface area contributed by atoms with Gasteiger partial charge in [-0.25, -0.2) is 13.2 Å². The summed E-state index contributed by atoms with van der Waals surface area (Å²) in [5.41, 5.74) is 2.24. The molecule has 0 fully saturated rings. The molecule has 0 unspecified atom stereocenters. The monoisotopic (exact) mass is 479 g/mol. The molecule has 0 saturated heterocycles. The Morgan fingerprint density at radius 2 is 1.55 bits per heavy atom. The van der Waals surface area contributed by atoms with E-state index in [0.29, 0.717) is 22.3 Å². The Bertz CT molecular complexity index is 1340. The number of methoxy groups -OCH3 is 1. The van der Waals surface area contributed by atoms with Crippen molar-refractivity contribution >= 4 is 27.6 Å². The first kappa shape index (κ1) is 22.8. The van der Waals surface area contributed by atoms with Crippen LogP contribution in [0.5, 0.6) is 0 Å². The van der Waals surface area contributed by atoms with Crippen LogP contribution in [-0.4, -0.2) is 36.3 Å². The summed E-state index contributed by atoms with van der Waals surface area (Å²) in [6.45, 7) is 0. The third-order valence-electron chi connectivity index (χ3n) is 4.88. The minimum absolute atomic E-state index is 0.243. The van der Waals surface area contributed by atoms with Gasteiger partial charge < -0.3 is 4.74 Å². The highest BCUT2D eigenvalue weighted by molar-refractivity contribution is 7.98. The highest BCUT2D eigenvalue weighted by Gasteiger charge is 2.22. The lowest BCUT2D eigenvalue weighted by atomic mass is 10.1. The van der Waals surface area contributed by atoms with E-state index in [4.69, 9.17) is 4.74 Å². The average molecular weight is 480 g/mol. The van der Waals surface area contributed by atoms with Gasteiger partial charge in [0.25, 0.3) is 0 Å². The van der Waals surface area contributed by atoms with Gasteiger partial charge in [0.2, 0.25) is 0 Å². The van der Waals surface area contributed by atoms with Gasteiger partial charge in [-0.05, 0) is 42.0 Å². The Balaban J connectivity index is 1.61. The van der Waals surface area contributed by atoms with Crippen LogP contribution in [0.4, 0.5) is 0 Å². The lowest BCUT2D eigenvalue weighted by Gasteiger charge is -2.11. The third kappa shape index (κ3) is 5.32. The number of para-hydroxylation sites is 1. The van der Waals surface area contributed by atoms with Crippen molar-refractivity contribution in [2.45, 2.75) is 21.6 Å². The van der Waals surface area contributed by atoms with Gasteiger partial charge in [-0.15, -0.1) is 10.2 Å². The van der Waals surface area contributed by atoms with Crippen LogP contribution in [0.2, 0.25) is 0 Å². The van der Waals surface area contributed by atoms with E-state index in [1.54, 1.807) is 47.0 Å². The molecule has 33 heavy (non-hydrogen) atoms. The molecule has 0 aliphatic carbocycles. The minimum atomic E-state index is -3.59. The largest absolute Gasteiger partial charge is 0.465 e. The molecular formula is C24H21N3O4S2. The van der Waals surface area contributed by atoms with Crippen LogP contribution in [0.3, 0.4) is 0 Å². The maximum atomic E-state index is 13.0. The summed E-state index contributed by atoms with van der Waals surface area (Å²) in [5, 5.41) is 9.08. The molecule has 168 valence electrons. The number of benzene rings is 3. The van der Waals surface area contributed by atoms with Gasteiger partial charge in [-0.2, -0.15) is 0 Å². The summed E-state index contributed by atoms with van der Waals surface area (Å²) >= 11 is 1.44. The fraction of sp³-hybridized carbons (Fsp3) is 0.125. The van der Waals surface area contributed by atoms with Crippen molar-refractivity contribution in [2.24, 2.45) is 0 Å². The Morgan fingerprint density at radius 1 is 0.909 bits per heavy atom. The molecule has 4 aromatic rings. The number of carbonyl (C=O) groups is 1. The zero-order chi connectivity index (χ0) is 23.3. The number of esters is 1. The Labute approximate surface area is 196 Å². The zero-order valence-corrected chi connectivity index (χ0v) is 19.4. The van der Waals surface area contributed by atoms with E-state index in [1.807, 2.05) is 42.5 Å². The first-order valence-electron chi connectivity index (χ1n) is 10.1. The Hall–Kier alpha value is -3.43. The van der Waals surface area contributed by atoms with Crippen LogP contribution < -0.4 is 0 Å². The van der Waals surface area contributed by atoms with Crippen molar-refractivity contribution in [3.63, 3.8) is 0 Å². The lowest BCUT2D eigenvalue weighted by molar-refractivity contribution is 0.0600. The average Bonchev–Trinajstić information content (AvgIpc) is 3.25. The molecule has 0 aliphatic heterocycles. The normalized spacial score (nSPS) is 11.3. The van der Waals surface area contributed by atoms with E-state index in [9.17, 15) is 13.2 Å². The topological polar surface area (TPSA) is 91.2 Å². The third-order valence-corrected chi connectivity index (χ3v) is 7.51. The van der Waals surface area contributed by atoms with E-state index >= 15 is 0 Å². The molecule has 0 amide bonds. The molecule has 0 bridgehead atoms. The van der Waals surface area contributed by atoms with Crippen LogP contribution in [-0.2, 0) is 26.1 Å². The molecular weight excluding hydrogens is 458 g/mol. The maximum Gasteiger partial charge on any atom is 0.337 e. The standard InChI is InChI=1S/C24H21N3O4S2/c1-31-23(28)19-14-12-18(13-15-19)16-32-24-26-25-22(27(24)20-8-4-2-5-9-20)17-33(29,30)21-10-6-3-7-11-21/h2-15H,16-17H2,1H3. The second kappa shape index (κ2) is 10.0. The smallest absolute Gasteiger partial charge is 0.337 e. The summed E-state index contributed by atoms with van der Waals surface area (Å²) in [4.78, 5) is 11.9. The van der Waals surface area contributed by atoms with Crippen molar-refractivity contribution in [3.05, 3.63) is 102 Å². The number of ether oxygens (including phenoxy) is 1. The zero-order valence-electron chi connectivity index (χ0n) is 17.8. The quantitative estimate of drug-likeness (QED) is 0.275. The van der Waals surface area contributed by atoms with Gasteiger partial charge in [0.15, 0.2) is 20.8 Å². The van der Waals surface area contributed by atoms with Crippen LogP contribution in [0, 0.1) is 0 Å². The second-order valence-corrected chi connectivity index (χ2v) is 10.1. The summed E-state index contributed by atoms with van der Waals surface area (Å²) in [7, 11) is -2.24. The first-order chi connectivity index (χ1) is 16.0. The van der Waals surface area contributed by atoms with Crippen LogP contribution in [0.1, 0.15) is 21.7 Å². The van der Waals surface area contributed by atoms with E-state index in [2.05, 4.69) is 10.2 Å². The number of nitrogens with zero attached hydrogens (tertiary/aromatic N) is 3. The molecule has 7 nitrogen and oxygen atoms in total. The van der Waals surface area contributed by atoms with Gasteiger partial charge >= 0.3 is 5.97 Å². The molecule has 0 aliphatic rings. The summed E-state index contributed by atoms with van der Waals surface area (Å²) in [6.07, 6.45) is 0. The molecule has 0 saturated carbocycles. The van der Waals surface area contributed by atoms with Crippen molar-refractivity contribution < 1.29 is 17.9 Å². The Morgan fingerprint density at radius 3 is 2.18 bits per heavy atom. The number of aromatic nitrogens is 3. The summed E-state index contributed by atoms with van der Waals surface area (Å²) in [5.74, 6) is 0.251. The van der Waals surface area contributed by atoms with Crippen molar-refractivity contribution in [2.75, 3.05) is 7.11 Å². The predicted molar refractivity (Wildman–Crippen MR) is 126 cm³/mol. The second-order valence-electron chi connectivity index (χ2n) is 7.12. The van der Waals surface area contributed by atoms with Crippen LogP contribution in [0.15, 0.2) is 95.0 Å². The first-order valence-corrected chi connectivity index (χ1v) is 12.7. The predicted octanol–water partition coefficient (Wildman–Crippen LogP) is 4.32. The fourth-order valence-electron chi connectivity index (χ4n) is 3.21. The Kier molecular flexibility index (Phi) is 6.90. The molecule has 0 atom stereocenters. The number of sulfone groups is 1. The van der Waals surface area contributed by atoms with Crippen LogP contribution in [0.25, 0.3) is 5.69 Å². The van der Waals surface area contributed by atoms with Gasteiger partial charge in [0, 0.05) is 11.4 Å². The van der Waals surface area contributed by atoms with Gasteiger partial charge in [0.05, 0.1) is 17.6 Å². The molecule has 0 N–H and O–H groups in total. The number of hydrogen-bond donors (Lipinski definition) is 0. The van der Waals surface area contributed by atoms with Gasteiger partial charge in [0.1, 0.15) is 5.75 Å². The summed E-state index contributed by atoms with van der Waals surface area (Å²) < 4.78 is 32.4. The molecule has 1 aromatic heterocycles. The molecule has 1 heterocycles. The lowest BCUT2D eigenvalue weighted by Crippen LogP contribution is -2.11. The molecule has 3 aromatic carbocycles. The van der Waals surface area contributed by atoms with Crippen molar-refractivity contribution in [1.82, 2.24) is 14.8 Å².